The highest BCUT2D eigenvalue weighted by atomic mass is 16.7. The summed E-state index contributed by atoms with van der Waals surface area (Å²) in [6.07, 6.45) is 85.2. The average molecular weight is 1350 g/mol. The Kier molecular flexibility index (Phi) is 70.4. The van der Waals surface area contributed by atoms with Gasteiger partial charge in [0.2, 0.25) is 5.91 Å². The van der Waals surface area contributed by atoms with E-state index in [1.165, 1.54) is 353 Å². The minimum atomic E-state index is -1.57. The highest BCUT2D eigenvalue weighted by Gasteiger charge is 2.44. The minimum absolute atomic E-state index is 0.0113. The van der Waals surface area contributed by atoms with Crippen LogP contribution in [0.15, 0.2) is 24.3 Å². The Hall–Kier alpha value is -1.86. The normalized spacial score (nSPS) is 17.4. The first kappa shape index (κ1) is 91.2. The van der Waals surface area contributed by atoms with Crippen LogP contribution >= 0.6 is 0 Å². The second-order valence-corrected chi connectivity index (χ2v) is 29.5. The molecule has 11 heteroatoms. The van der Waals surface area contributed by atoms with Crippen molar-refractivity contribution in [2.75, 3.05) is 19.8 Å². The van der Waals surface area contributed by atoms with Crippen molar-refractivity contribution in [3.8, 4) is 0 Å². The molecule has 0 aromatic heterocycles. The monoisotopic (exact) mass is 1340 g/mol. The number of carbonyl (C=O) groups is 2. The molecule has 1 rings (SSSR count). The molecular weight excluding hydrogens is 1180 g/mol. The summed E-state index contributed by atoms with van der Waals surface area (Å²) >= 11 is 0. The lowest BCUT2D eigenvalue weighted by Gasteiger charge is -2.40. The molecule has 7 unspecified atom stereocenters. The Morgan fingerprint density at radius 2 is 0.674 bits per heavy atom. The summed E-state index contributed by atoms with van der Waals surface area (Å²) in [5.74, 6) is -0.161. The van der Waals surface area contributed by atoms with E-state index in [1.54, 1.807) is 6.08 Å². The number of hydrogen-bond donors (Lipinski definition) is 6. The van der Waals surface area contributed by atoms with Crippen molar-refractivity contribution in [2.24, 2.45) is 0 Å². The highest BCUT2D eigenvalue weighted by molar-refractivity contribution is 5.76. The third-order valence-corrected chi connectivity index (χ3v) is 20.3. The number of esters is 1. The van der Waals surface area contributed by atoms with Crippen LogP contribution in [-0.2, 0) is 23.8 Å². The standard InChI is InChI=1S/C84H161NO10/c1-3-5-7-9-11-13-15-17-43-48-52-56-60-64-68-72-80(89)93-73-69-65-61-57-53-49-45-42-40-38-36-34-32-30-28-26-24-22-20-18-19-21-23-25-27-29-31-33-35-37-39-41-44-47-51-55-59-63-67-71-79(88)85-76(75-94-84-83(92)82(91)81(90)78(74-86)95-84)77(87)70-66-62-58-54-50-46-16-14-12-10-8-6-4-2/h17,43,66,70,76-78,81-84,86-87,90-92H,3-16,18-42,44-65,67-69,71-75H2,1-2H3,(H,85,88)/b43-17-,70-66+. The summed E-state index contributed by atoms with van der Waals surface area (Å²) in [6, 6.07) is -0.805. The van der Waals surface area contributed by atoms with Crippen LogP contribution in [0.3, 0.4) is 0 Å². The van der Waals surface area contributed by atoms with E-state index in [0.717, 1.165) is 57.8 Å². The minimum Gasteiger partial charge on any atom is -0.466 e. The van der Waals surface area contributed by atoms with Crippen LogP contribution in [0, 0.1) is 0 Å². The average Bonchev–Trinajstić information content (AvgIpc) is 0.836. The van der Waals surface area contributed by atoms with E-state index in [4.69, 9.17) is 14.2 Å². The number of aliphatic hydroxyl groups is 5. The number of hydrogen-bond acceptors (Lipinski definition) is 10. The van der Waals surface area contributed by atoms with Crippen molar-refractivity contribution < 1.29 is 49.3 Å². The van der Waals surface area contributed by atoms with Crippen LogP contribution in [0.25, 0.3) is 0 Å². The van der Waals surface area contributed by atoms with Gasteiger partial charge in [-0.15, -0.1) is 0 Å². The molecular formula is C84H161NO10. The van der Waals surface area contributed by atoms with Gasteiger partial charge in [-0.05, 0) is 57.8 Å². The van der Waals surface area contributed by atoms with Crippen molar-refractivity contribution in [3.63, 3.8) is 0 Å². The van der Waals surface area contributed by atoms with E-state index in [9.17, 15) is 35.1 Å². The van der Waals surface area contributed by atoms with Crippen LogP contribution in [0.1, 0.15) is 438 Å². The molecule has 0 radical (unpaired) electrons. The molecule has 0 aromatic carbocycles. The molecule has 1 saturated heterocycles. The maximum absolute atomic E-state index is 13.1. The topological polar surface area (TPSA) is 175 Å². The van der Waals surface area contributed by atoms with Crippen molar-refractivity contribution in [2.45, 2.75) is 480 Å². The summed E-state index contributed by atoms with van der Waals surface area (Å²) in [7, 11) is 0. The second kappa shape index (κ2) is 73.4. The van der Waals surface area contributed by atoms with E-state index in [0.29, 0.717) is 19.4 Å². The van der Waals surface area contributed by atoms with Gasteiger partial charge in [0.1, 0.15) is 24.4 Å². The van der Waals surface area contributed by atoms with Gasteiger partial charge in [-0.25, -0.2) is 0 Å². The Labute approximate surface area is 588 Å². The summed E-state index contributed by atoms with van der Waals surface area (Å²) < 4.78 is 16.8. The number of rotatable bonds is 76. The van der Waals surface area contributed by atoms with Crippen LogP contribution in [0.5, 0.6) is 0 Å². The van der Waals surface area contributed by atoms with Gasteiger partial charge in [-0.1, -0.05) is 391 Å². The maximum Gasteiger partial charge on any atom is 0.305 e. The van der Waals surface area contributed by atoms with Gasteiger partial charge in [0.25, 0.3) is 0 Å². The maximum atomic E-state index is 13.1. The number of aliphatic hydroxyl groups excluding tert-OH is 5. The molecule has 7 atom stereocenters. The first-order valence-corrected chi connectivity index (χ1v) is 42.1. The Balaban J connectivity index is 1.86. The molecule has 1 heterocycles. The van der Waals surface area contributed by atoms with E-state index < -0.39 is 49.5 Å². The molecule has 0 bridgehead atoms. The highest BCUT2D eigenvalue weighted by Crippen LogP contribution is 2.24. The smallest absolute Gasteiger partial charge is 0.305 e. The second-order valence-electron chi connectivity index (χ2n) is 29.5. The lowest BCUT2D eigenvalue weighted by molar-refractivity contribution is -0.302. The van der Waals surface area contributed by atoms with Gasteiger partial charge in [0.15, 0.2) is 6.29 Å². The first-order chi connectivity index (χ1) is 46.7. The molecule has 1 amide bonds. The molecule has 0 aromatic rings. The Bertz CT molecular complexity index is 1630. The number of nitrogens with one attached hydrogen (secondary N) is 1. The van der Waals surface area contributed by atoms with Crippen molar-refractivity contribution >= 4 is 11.9 Å². The fraction of sp³-hybridized carbons (Fsp3) is 0.929. The predicted octanol–water partition coefficient (Wildman–Crippen LogP) is 23.1. The number of amides is 1. The molecule has 11 nitrogen and oxygen atoms in total. The van der Waals surface area contributed by atoms with E-state index in [1.807, 2.05) is 6.08 Å². The zero-order valence-electron chi connectivity index (χ0n) is 62.9. The zero-order chi connectivity index (χ0) is 68.6. The Morgan fingerprint density at radius 1 is 0.379 bits per heavy atom. The van der Waals surface area contributed by atoms with Crippen molar-refractivity contribution in [3.05, 3.63) is 24.3 Å². The summed E-state index contributed by atoms with van der Waals surface area (Å²) in [5, 5.41) is 54.6. The largest absolute Gasteiger partial charge is 0.466 e. The first-order valence-electron chi connectivity index (χ1n) is 42.1. The van der Waals surface area contributed by atoms with Gasteiger partial charge in [0, 0.05) is 12.8 Å². The molecule has 95 heavy (non-hydrogen) atoms. The van der Waals surface area contributed by atoms with Gasteiger partial charge in [0.05, 0.1) is 32.0 Å². The molecule has 1 aliphatic rings. The molecule has 0 saturated carbocycles. The van der Waals surface area contributed by atoms with E-state index >= 15 is 0 Å². The quantitative estimate of drug-likeness (QED) is 0.0195. The van der Waals surface area contributed by atoms with Crippen LogP contribution in [-0.4, -0.2) is 100 Å². The van der Waals surface area contributed by atoms with Crippen molar-refractivity contribution in [1.82, 2.24) is 5.32 Å². The molecule has 1 fully saturated rings. The summed E-state index contributed by atoms with van der Waals surface area (Å²) in [6.45, 7) is 4.40. The lowest BCUT2D eigenvalue weighted by Crippen LogP contribution is -2.60. The molecule has 1 aliphatic heterocycles. The van der Waals surface area contributed by atoms with E-state index in [2.05, 4.69) is 31.3 Å². The predicted molar refractivity (Wildman–Crippen MR) is 403 cm³/mol. The van der Waals surface area contributed by atoms with Crippen molar-refractivity contribution in [1.29, 1.82) is 0 Å². The van der Waals surface area contributed by atoms with E-state index in [-0.39, 0.29) is 18.5 Å². The van der Waals surface area contributed by atoms with Crippen LogP contribution < -0.4 is 5.32 Å². The number of allylic oxidation sites excluding steroid dienone is 3. The molecule has 562 valence electrons. The summed E-state index contributed by atoms with van der Waals surface area (Å²) in [5.41, 5.74) is 0. The molecule has 0 spiro atoms. The molecule has 0 aliphatic carbocycles. The lowest BCUT2D eigenvalue weighted by atomic mass is 9.99. The number of unbranched alkanes of at least 4 members (excludes halogenated alkanes) is 60. The van der Waals surface area contributed by atoms with Crippen LogP contribution in [0.2, 0.25) is 0 Å². The number of carbonyl (C=O) groups excluding carboxylic acids is 2. The SMILES string of the molecule is CCCCCCCC/C=C\CCCCCCCC(=O)OCCCCCCCCCCCCCCCCCCCCCCCCCCCCCCCCCCCCCCCCCC(=O)NC(COC1OC(CO)C(O)C(O)C1O)C(O)/C=C/CCCCCCCCCCCCC. The van der Waals surface area contributed by atoms with Gasteiger partial charge >= 0.3 is 5.97 Å². The Morgan fingerprint density at radius 3 is 1.01 bits per heavy atom. The third-order valence-electron chi connectivity index (χ3n) is 20.3. The fourth-order valence-corrected chi connectivity index (χ4v) is 13.7. The summed E-state index contributed by atoms with van der Waals surface area (Å²) in [4.78, 5) is 25.2. The van der Waals surface area contributed by atoms with Gasteiger partial charge in [-0.3, -0.25) is 9.59 Å². The van der Waals surface area contributed by atoms with Crippen LogP contribution in [0.4, 0.5) is 0 Å². The molecule has 6 N–H and O–H groups in total. The van der Waals surface area contributed by atoms with Gasteiger partial charge in [-0.2, -0.15) is 0 Å². The van der Waals surface area contributed by atoms with Gasteiger partial charge < -0.3 is 45.1 Å². The zero-order valence-corrected chi connectivity index (χ0v) is 62.9. The number of ether oxygens (including phenoxy) is 3. The fourth-order valence-electron chi connectivity index (χ4n) is 13.7. The third kappa shape index (κ3) is 61.7.